The number of oxazole rings is 1. The summed E-state index contributed by atoms with van der Waals surface area (Å²) >= 11 is 0. The molecule has 0 aliphatic carbocycles. The molecule has 0 spiro atoms. The van der Waals surface area contributed by atoms with Crippen molar-refractivity contribution in [1.82, 2.24) is 9.88 Å². The van der Waals surface area contributed by atoms with Gasteiger partial charge in [-0.1, -0.05) is 30.3 Å². The van der Waals surface area contributed by atoms with Gasteiger partial charge in [0, 0.05) is 25.4 Å². The average Bonchev–Trinajstić information content (AvgIpc) is 3.21. The SMILES string of the molecule is Cn1c(=O)oc2ccc(-c3ccc(CC(C#N)NC(=O)CC4(N)CCS(=O)(=O)C4)cc3)cc21. The van der Waals surface area contributed by atoms with E-state index in [4.69, 9.17) is 10.2 Å². The number of carbonyl (C=O) groups is 1. The van der Waals surface area contributed by atoms with E-state index in [1.54, 1.807) is 13.1 Å². The zero-order valence-electron chi connectivity index (χ0n) is 18.1. The van der Waals surface area contributed by atoms with Crippen LogP contribution in [0.2, 0.25) is 0 Å². The molecule has 2 unspecified atom stereocenters. The van der Waals surface area contributed by atoms with Gasteiger partial charge < -0.3 is 15.5 Å². The van der Waals surface area contributed by atoms with Crippen molar-refractivity contribution < 1.29 is 17.6 Å². The number of amides is 1. The van der Waals surface area contributed by atoms with Gasteiger partial charge in [-0.15, -0.1) is 0 Å². The van der Waals surface area contributed by atoms with Gasteiger partial charge in [-0.25, -0.2) is 13.2 Å². The second kappa shape index (κ2) is 8.50. The maximum atomic E-state index is 12.4. The normalized spacial score (nSPS) is 20.4. The molecule has 0 saturated carbocycles. The van der Waals surface area contributed by atoms with Crippen molar-refractivity contribution in [3.8, 4) is 17.2 Å². The maximum Gasteiger partial charge on any atom is 0.419 e. The summed E-state index contributed by atoms with van der Waals surface area (Å²) in [6.45, 7) is 0. The minimum Gasteiger partial charge on any atom is -0.408 e. The molecule has 1 aromatic heterocycles. The topological polar surface area (TPSA) is 148 Å². The number of aromatic nitrogens is 1. The Morgan fingerprint density at radius 2 is 1.97 bits per heavy atom. The molecular weight excluding hydrogens is 444 g/mol. The lowest BCUT2D eigenvalue weighted by molar-refractivity contribution is -0.122. The van der Waals surface area contributed by atoms with E-state index in [9.17, 15) is 23.3 Å². The second-order valence-electron chi connectivity index (χ2n) is 8.64. The van der Waals surface area contributed by atoms with E-state index >= 15 is 0 Å². The Hall–Kier alpha value is -3.42. The zero-order valence-corrected chi connectivity index (χ0v) is 18.9. The zero-order chi connectivity index (χ0) is 23.8. The molecule has 3 N–H and O–H groups in total. The fourth-order valence-corrected chi connectivity index (χ4v) is 6.13. The molecule has 1 aliphatic rings. The Morgan fingerprint density at radius 1 is 1.27 bits per heavy atom. The number of sulfone groups is 1. The molecule has 172 valence electrons. The van der Waals surface area contributed by atoms with Crippen molar-refractivity contribution in [3.63, 3.8) is 0 Å². The van der Waals surface area contributed by atoms with Crippen LogP contribution >= 0.6 is 0 Å². The minimum atomic E-state index is -3.21. The third-order valence-corrected chi connectivity index (χ3v) is 7.78. The van der Waals surface area contributed by atoms with Crippen molar-refractivity contribution in [1.29, 1.82) is 5.26 Å². The molecule has 10 heteroatoms. The third kappa shape index (κ3) is 4.99. The first-order chi connectivity index (χ1) is 15.6. The number of nitrogens with one attached hydrogen (secondary N) is 1. The van der Waals surface area contributed by atoms with Crippen molar-refractivity contribution in [2.24, 2.45) is 12.8 Å². The largest absolute Gasteiger partial charge is 0.419 e. The lowest BCUT2D eigenvalue weighted by atomic mass is 9.95. The highest BCUT2D eigenvalue weighted by atomic mass is 32.2. The van der Waals surface area contributed by atoms with Gasteiger partial charge >= 0.3 is 5.76 Å². The summed E-state index contributed by atoms with van der Waals surface area (Å²) in [5, 5.41) is 12.1. The molecule has 1 saturated heterocycles. The number of hydrogen-bond donors (Lipinski definition) is 2. The highest BCUT2D eigenvalue weighted by Gasteiger charge is 2.40. The number of carbonyl (C=O) groups excluding carboxylic acids is 1. The van der Waals surface area contributed by atoms with E-state index in [1.807, 2.05) is 36.4 Å². The summed E-state index contributed by atoms with van der Waals surface area (Å²) in [7, 11) is -1.57. The molecular formula is C23H24N4O5S. The predicted octanol–water partition coefficient (Wildman–Crippen LogP) is 1.26. The molecule has 3 aromatic rings. The minimum absolute atomic E-state index is 0.0192. The summed E-state index contributed by atoms with van der Waals surface area (Å²) < 4.78 is 30.0. The summed E-state index contributed by atoms with van der Waals surface area (Å²) in [4.78, 5) is 24.1. The van der Waals surface area contributed by atoms with Gasteiger partial charge in [0.05, 0.1) is 23.1 Å². The molecule has 0 bridgehead atoms. The number of aryl methyl sites for hydroxylation is 1. The van der Waals surface area contributed by atoms with Crippen LogP contribution in [0.1, 0.15) is 18.4 Å². The van der Waals surface area contributed by atoms with Gasteiger partial charge in [-0.05, 0) is 35.2 Å². The van der Waals surface area contributed by atoms with Crippen LogP contribution in [-0.4, -0.2) is 42.0 Å². The van der Waals surface area contributed by atoms with Gasteiger partial charge in [0.1, 0.15) is 6.04 Å². The van der Waals surface area contributed by atoms with Gasteiger partial charge in [-0.2, -0.15) is 5.26 Å². The number of rotatable bonds is 6. The van der Waals surface area contributed by atoms with Gasteiger partial charge in [-0.3, -0.25) is 9.36 Å². The Balaban J connectivity index is 1.41. The van der Waals surface area contributed by atoms with Gasteiger partial charge in [0.2, 0.25) is 5.91 Å². The third-order valence-electron chi connectivity index (χ3n) is 5.94. The first-order valence-electron chi connectivity index (χ1n) is 10.4. The predicted molar refractivity (Wildman–Crippen MR) is 123 cm³/mol. The number of hydrogen-bond acceptors (Lipinski definition) is 7. The summed E-state index contributed by atoms with van der Waals surface area (Å²) in [5.74, 6) is -1.09. The molecule has 2 aromatic carbocycles. The van der Waals surface area contributed by atoms with E-state index < -0.39 is 33.1 Å². The van der Waals surface area contributed by atoms with Gasteiger partial charge in [0.25, 0.3) is 0 Å². The Bertz CT molecular complexity index is 1420. The first-order valence-corrected chi connectivity index (χ1v) is 12.3. The molecule has 4 rings (SSSR count). The number of nitriles is 1. The number of benzene rings is 2. The van der Waals surface area contributed by atoms with Crippen LogP contribution in [0.5, 0.6) is 0 Å². The maximum absolute atomic E-state index is 12.4. The first kappa shape index (κ1) is 22.8. The van der Waals surface area contributed by atoms with Crippen LogP contribution < -0.4 is 16.8 Å². The Morgan fingerprint density at radius 3 is 2.61 bits per heavy atom. The smallest absolute Gasteiger partial charge is 0.408 e. The van der Waals surface area contributed by atoms with Crippen LogP contribution in [0, 0.1) is 11.3 Å². The van der Waals surface area contributed by atoms with Crippen LogP contribution in [0.25, 0.3) is 22.2 Å². The molecule has 1 aliphatic heterocycles. The second-order valence-corrected chi connectivity index (χ2v) is 10.8. The molecule has 2 heterocycles. The molecule has 1 fully saturated rings. The van der Waals surface area contributed by atoms with Crippen LogP contribution in [-0.2, 0) is 28.1 Å². The van der Waals surface area contributed by atoms with Crippen molar-refractivity contribution in [2.45, 2.75) is 30.8 Å². The van der Waals surface area contributed by atoms with Crippen LogP contribution in [0.15, 0.2) is 51.7 Å². The molecule has 1 amide bonds. The number of fused-ring (bicyclic) bond motifs is 1. The van der Waals surface area contributed by atoms with Crippen LogP contribution in [0.3, 0.4) is 0 Å². The van der Waals surface area contributed by atoms with Crippen molar-refractivity contribution >= 4 is 26.8 Å². The molecule has 9 nitrogen and oxygen atoms in total. The van der Waals surface area contributed by atoms with E-state index in [0.29, 0.717) is 17.5 Å². The Labute approximate surface area is 190 Å². The lowest BCUT2D eigenvalue weighted by Gasteiger charge is -2.22. The molecule has 2 atom stereocenters. The molecule has 33 heavy (non-hydrogen) atoms. The average molecular weight is 469 g/mol. The quantitative estimate of drug-likeness (QED) is 0.553. The summed E-state index contributed by atoms with van der Waals surface area (Å²) in [5.41, 5.74) is 8.91. The van der Waals surface area contributed by atoms with E-state index in [0.717, 1.165) is 16.7 Å². The molecule has 0 radical (unpaired) electrons. The van der Waals surface area contributed by atoms with Crippen molar-refractivity contribution in [3.05, 3.63) is 58.6 Å². The fraction of sp³-hybridized carbons (Fsp3) is 0.348. The highest BCUT2D eigenvalue weighted by Crippen LogP contribution is 2.25. The Kier molecular flexibility index (Phi) is 5.86. The number of nitrogens with zero attached hydrogens (tertiary/aromatic N) is 2. The number of nitrogens with two attached hydrogens (primary N) is 1. The lowest BCUT2D eigenvalue weighted by Crippen LogP contribution is -2.47. The van der Waals surface area contributed by atoms with E-state index in [2.05, 4.69) is 11.4 Å². The van der Waals surface area contributed by atoms with E-state index in [-0.39, 0.29) is 24.3 Å². The highest BCUT2D eigenvalue weighted by molar-refractivity contribution is 7.91. The standard InChI is InChI=1S/C23H24N4O5S/c1-27-19-11-17(6-7-20(19)32-22(27)29)16-4-2-15(3-5-16)10-18(13-24)26-21(28)12-23(25)8-9-33(30,31)14-23/h2-7,11,18H,8-10,12,14,25H2,1H3,(H,26,28). The summed E-state index contributed by atoms with van der Waals surface area (Å²) in [6, 6.07) is 14.4. The van der Waals surface area contributed by atoms with E-state index in [1.165, 1.54) is 4.57 Å². The van der Waals surface area contributed by atoms with Gasteiger partial charge in [0.15, 0.2) is 15.4 Å². The fourth-order valence-electron chi connectivity index (χ4n) is 4.15. The van der Waals surface area contributed by atoms with Crippen molar-refractivity contribution in [2.75, 3.05) is 11.5 Å². The van der Waals surface area contributed by atoms with Crippen LogP contribution in [0.4, 0.5) is 0 Å². The monoisotopic (exact) mass is 468 g/mol. The summed E-state index contributed by atoms with van der Waals surface area (Å²) in [6.07, 6.45) is 0.399.